The third-order valence-corrected chi connectivity index (χ3v) is 5.90. The Morgan fingerprint density at radius 3 is 2.10 bits per heavy atom. The molecule has 0 radical (unpaired) electrons. The smallest absolute Gasteiger partial charge is 0.0135 e. The second-order valence-corrected chi connectivity index (χ2v) is 7.05. The topological polar surface area (TPSA) is 12.0 Å². The summed E-state index contributed by atoms with van der Waals surface area (Å²) in [5.41, 5.74) is 6.49. The summed E-state index contributed by atoms with van der Waals surface area (Å²) in [6.07, 6.45) is 5.10. The van der Waals surface area contributed by atoms with Gasteiger partial charge in [0.2, 0.25) is 0 Å². The summed E-state index contributed by atoms with van der Waals surface area (Å²) in [7, 11) is 0. The first-order chi connectivity index (χ1) is 10.00. The summed E-state index contributed by atoms with van der Waals surface area (Å²) < 4.78 is 0. The van der Waals surface area contributed by atoms with Crippen LogP contribution in [0.3, 0.4) is 0 Å². The van der Waals surface area contributed by atoms with Crippen LogP contribution in [0.25, 0.3) is 0 Å². The van der Waals surface area contributed by atoms with E-state index in [4.69, 9.17) is 0 Å². The van der Waals surface area contributed by atoms with Crippen LogP contribution in [0.1, 0.15) is 74.6 Å². The molecule has 1 N–H and O–H groups in total. The Morgan fingerprint density at radius 2 is 1.62 bits per heavy atom. The first-order valence-corrected chi connectivity index (χ1v) is 8.81. The Balaban J connectivity index is 2.33. The lowest BCUT2D eigenvalue weighted by Crippen LogP contribution is -2.58. The third-order valence-electron chi connectivity index (χ3n) is 5.90. The van der Waals surface area contributed by atoms with E-state index >= 15 is 0 Å². The van der Waals surface area contributed by atoms with E-state index in [1.165, 1.54) is 42.4 Å². The summed E-state index contributed by atoms with van der Waals surface area (Å²) in [5.74, 6) is 0.738. The van der Waals surface area contributed by atoms with Crippen molar-refractivity contribution >= 4 is 0 Å². The molecule has 2 unspecified atom stereocenters. The summed E-state index contributed by atoms with van der Waals surface area (Å²) in [6, 6.07) is 5.44. The largest absolute Gasteiger partial charge is 0.313 e. The van der Waals surface area contributed by atoms with Gasteiger partial charge in [0.15, 0.2) is 0 Å². The number of aryl methyl sites for hydroxylation is 3. The van der Waals surface area contributed by atoms with E-state index in [9.17, 15) is 0 Å². The van der Waals surface area contributed by atoms with Crippen molar-refractivity contribution in [2.24, 2.45) is 5.41 Å². The van der Waals surface area contributed by atoms with Crippen molar-refractivity contribution < 1.29 is 0 Å². The lowest BCUT2D eigenvalue weighted by molar-refractivity contribution is 0.0195. The molecule has 21 heavy (non-hydrogen) atoms. The molecule has 118 valence electrons. The number of nitrogens with one attached hydrogen (secondary N) is 1. The van der Waals surface area contributed by atoms with Crippen molar-refractivity contribution in [2.45, 2.75) is 79.2 Å². The molecule has 1 aromatic rings. The summed E-state index contributed by atoms with van der Waals surface area (Å²) in [4.78, 5) is 0. The number of rotatable bonds is 6. The van der Waals surface area contributed by atoms with Crippen molar-refractivity contribution in [3.8, 4) is 0 Å². The zero-order valence-corrected chi connectivity index (χ0v) is 14.8. The summed E-state index contributed by atoms with van der Waals surface area (Å²) in [5, 5.41) is 3.81. The summed E-state index contributed by atoms with van der Waals surface area (Å²) in [6.45, 7) is 15.0. The van der Waals surface area contributed by atoms with E-state index in [0.29, 0.717) is 11.5 Å². The number of hydrogen-bond acceptors (Lipinski definition) is 1. The van der Waals surface area contributed by atoms with Crippen molar-refractivity contribution in [2.75, 3.05) is 6.54 Å². The highest BCUT2D eigenvalue weighted by molar-refractivity contribution is 5.43. The average molecular weight is 287 g/mol. The second kappa shape index (κ2) is 6.52. The fraction of sp³-hybridized carbons (Fsp3) is 0.700. The summed E-state index contributed by atoms with van der Waals surface area (Å²) >= 11 is 0. The number of benzene rings is 1. The van der Waals surface area contributed by atoms with Crippen LogP contribution in [0, 0.1) is 26.2 Å². The van der Waals surface area contributed by atoms with Gasteiger partial charge in [-0.15, -0.1) is 0 Å². The minimum atomic E-state index is 0.458. The lowest BCUT2D eigenvalue weighted by atomic mass is 9.51. The molecule has 1 aliphatic rings. The molecule has 0 spiro atoms. The Kier molecular flexibility index (Phi) is 5.14. The fourth-order valence-corrected chi connectivity index (χ4v) is 4.77. The molecular weight excluding hydrogens is 254 g/mol. The molecule has 1 aromatic carbocycles. The Morgan fingerprint density at radius 1 is 1.05 bits per heavy atom. The minimum absolute atomic E-state index is 0.458. The maximum atomic E-state index is 3.81. The Hall–Kier alpha value is -0.820. The van der Waals surface area contributed by atoms with E-state index in [2.05, 4.69) is 59.0 Å². The van der Waals surface area contributed by atoms with Gasteiger partial charge in [-0.3, -0.25) is 0 Å². The van der Waals surface area contributed by atoms with E-state index in [0.717, 1.165) is 12.5 Å². The van der Waals surface area contributed by atoms with E-state index in [1.54, 1.807) is 5.56 Å². The first kappa shape index (κ1) is 16.5. The van der Waals surface area contributed by atoms with Crippen molar-refractivity contribution in [3.63, 3.8) is 0 Å². The van der Waals surface area contributed by atoms with Crippen molar-refractivity contribution in [1.82, 2.24) is 5.32 Å². The second-order valence-electron chi connectivity index (χ2n) is 7.05. The van der Waals surface area contributed by atoms with Crippen LogP contribution in [0.4, 0.5) is 0 Å². The molecule has 1 saturated carbocycles. The SMILES string of the molecule is CCCNC1CC(c2c(C)cc(C)cc2C)C1(CC)CC. The predicted octanol–water partition coefficient (Wildman–Crippen LogP) is 5.27. The monoisotopic (exact) mass is 287 g/mol. The van der Waals surface area contributed by atoms with Crippen LogP contribution in [0.5, 0.6) is 0 Å². The van der Waals surface area contributed by atoms with Crippen LogP contribution in [0.15, 0.2) is 12.1 Å². The third kappa shape index (κ3) is 2.77. The van der Waals surface area contributed by atoms with Crippen LogP contribution in [-0.4, -0.2) is 12.6 Å². The van der Waals surface area contributed by atoms with Crippen LogP contribution in [0.2, 0.25) is 0 Å². The van der Waals surface area contributed by atoms with Gasteiger partial charge in [-0.1, -0.05) is 38.5 Å². The van der Waals surface area contributed by atoms with Gasteiger partial charge in [-0.2, -0.15) is 0 Å². The van der Waals surface area contributed by atoms with Crippen LogP contribution < -0.4 is 5.32 Å². The molecule has 1 heteroatoms. The zero-order valence-electron chi connectivity index (χ0n) is 14.8. The molecule has 1 nitrogen and oxygen atoms in total. The Bertz CT molecular complexity index is 462. The van der Waals surface area contributed by atoms with Gasteiger partial charge in [0.25, 0.3) is 0 Å². The van der Waals surface area contributed by atoms with Gasteiger partial charge in [0.05, 0.1) is 0 Å². The van der Waals surface area contributed by atoms with Crippen molar-refractivity contribution in [3.05, 3.63) is 34.4 Å². The highest BCUT2D eigenvalue weighted by atomic mass is 15.0. The minimum Gasteiger partial charge on any atom is -0.313 e. The van der Waals surface area contributed by atoms with Gasteiger partial charge in [-0.05, 0) is 81.0 Å². The van der Waals surface area contributed by atoms with E-state index in [1.807, 2.05) is 0 Å². The lowest BCUT2D eigenvalue weighted by Gasteiger charge is -2.57. The normalized spacial score (nSPS) is 23.9. The highest BCUT2D eigenvalue weighted by Gasteiger charge is 2.53. The standard InChI is InChI=1S/C20H33N/c1-7-10-21-18-13-17(20(18,8-2)9-3)19-15(5)11-14(4)12-16(19)6/h11-12,17-18,21H,7-10,13H2,1-6H3. The molecule has 0 heterocycles. The van der Waals surface area contributed by atoms with Gasteiger partial charge in [-0.25, -0.2) is 0 Å². The molecule has 2 atom stereocenters. The maximum Gasteiger partial charge on any atom is 0.0135 e. The van der Waals surface area contributed by atoms with E-state index in [-0.39, 0.29) is 0 Å². The Labute approximate surface area is 131 Å². The van der Waals surface area contributed by atoms with Gasteiger partial charge in [0, 0.05) is 6.04 Å². The molecule has 0 amide bonds. The van der Waals surface area contributed by atoms with Crippen LogP contribution >= 0.6 is 0 Å². The fourth-order valence-electron chi connectivity index (χ4n) is 4.77. The molecule has 1 aliphatic carbocycles. The molecule has 0 saturated heterocycles. The number of hydrogen-bond donors (Lipinski definition) is 1. The van der Waals surface area contributed by atoms with Gasteiger partial charge < -0.3 is 5.32 Å². The molecule has 0 aliphatic heterocycles. The predicted molar refractivity (Wildman–Crippen MR) is 93.1 cm³/mol. The molecule has 0 aromatic heterocycles. The van der Waals surface area contributed by atoms with E-state index < -0.39 is 0 Å². The van der Waals surface area contributed by atoms with Gasteiger partial charge >= 0.3 is 0 Å². The van der Waals surface area contributed by atoms with Crippen LogP contribution in [-0.2, 0) is 0 Å². The molecule has 1 fully saturated rings. The first-order valence-electron chi connectivity index (χ1n) is 8.81. The molecular formula is C20H33N. The van der Waals surface area contributed by atoms with Gasteiger partial charge in [0.1, 0.15) is 0 Å². The molecule has 2 rings (SSSR count). The average Bonchev–Trinajstić information content (AvgIpc) is 2.41. The van der Waals surface area contributed by atoms with Crippen molar-refractivity contribution in [1.29, 1.82) is 0 Å². The maximum absolute atomic E-state index is 3.81. The highest BCUT2D eigenvalue weighted by Crippen LogP contribution is 2.58. The zero-order chi connectivity index (χ0) is 15.6. The molecule has 0 bridgehead atoms. The quantitative estimate of drug-likeness (QED) is 0.751.